The summed E-state index contributed by atoms with van der Waals surface area (Å²) in [5, 5.41) is 18.4. The summed E-state index contributed by atoms with van der Waals surface area (Å²) in [5.74, 6) is 1.91. The number of amides is 1. The number of fused-ring (bicyclic) bond motifs is 5. The summed E-state index contributed by atoms with van der Waals surface area (Å²) in [4.78, 5) is 27.6. The lowest BCUT2D eigenvalue weighted by molar-refractivity contribution is -0.137. The van der Waals surface area contributed by atoms with E-state index < -0.39 is 5.97 Å². The van der Waals surface area contributed by atoms with Crippen LogP contribution >= 0.6 is 0 Å². The molecule has 2 aromatic carbocycles. The zero-order chi connectivity index (χ0) is 27.5. The van der Waals surface area contributed by atoms with Crippen LogP contribution in [0.15, 0.2) is 30.3 Å². The van der Waals surface area contributed by atoms with Gasteiger partial charge >= 0.3 is 5.97 Å². The molecular weight excluding hydrogens is 500 g/mol. The van der Waals surface area contributed by atoms with E-state index in [4.69, 9.17) is 0 Å². The van der Waals surface area contributed by atoms with Gasteiger partial charge < -0.3 is 10.0 Å². The van der Waals surface area contributed by atoms with Crippen LogP contribution in [0.4, 0.5) is 0 Å². The average Bonchev–Trinajstić information content (AvgIpc) is 3.59. The van der Waals surface area contributed by atoms with Crippen LogP contribution in [0.1, 0.15) is 97.6 Å². The molecule has 210 valence electrons. The molecule has 40 heavy (non-hydrogen) atoms. The summed E-state index contributed by atoms with van der Waals surface area (Å²) in [6.45, 7) is 2.90. The number of likely N-dealkylation sites (tertiary alicyclic amines) is 1. The molecule has 6 unspecified atom stereocenters. The van der Waals surface area contributed by atoms with E-state index in [1.807, 2.05) is 26.1 Å². The molecule has 0 bridgehead atoms. The van der Waals surface area contributed by atoms with E-state index in [-0.39, 0.29) is 18.4 Å². The molecule has 7 rings (SSSR count). The lowest BCUT2D eigenvalue weighted by Gasteiger charge is -2.41. The van der Waals surface area contributed by atoms with Crippen molar-refractivity contribution < 1.29 is 14.7 Å². The van der Waals surface area contributed by atoms with E-state index in [2.05, 4.69) is 33.4 Å². The molecule has 7 nitrogen and oxygen atoms in total. The van der Waals surface area contributed by atoms with Gasteiger partial charge in [-0.3, -0.25) is 9.59 Å². The van der Waals surface area contributed by atoms with Crippen molar-refractivity contribution >= 4 is 22.9 Å². The monoisotopic (exact) mass is 540 g/mol. The highest BCUT2D eigenvalue weighted by atomic mass is 16.4. The Morgan fingerprint density at radius 2 is 1.88 bits per heavy atom. The van der Waals surface area contributed by atoms with Gasteiger partial charge in [0, 0.05) is 25.9 Å². The van der Waals surface area contributed by atoms with Gasteiger partial charge in [-0.1, -0.05) is 55.2 Å². The Morgan fingerprint density at radius 3 is 2.70 bits per heavy atom. The zero-order valence-electron chi connectivity index (χ0n) is 23.7. The normalized spacial score (nSPS) is 28.4. The van der Waals surface area contributed by atoms with Crippen molar-refractivity contribution in [3.8, 4) is 0 Å². The highest BCUT2D eigenvalue weighted by Gasteiger charge is 2.47. The maximum atomic E-state index is 13.3. The molecule has 1 aliphatic heterocycles. The molecule has 4 aliphatic rings. The average molecular weight is 541 g/mol. The van der Waals surface area contributed by atoms with Gasteiger partial charge in [0.05, 0.1) is 18.0 Å². The zero-order valence-corrected chi connectivity index (χ0v) is 23.7. The van der Waals surface area contributed by atoms with E-state index in [0.717, 1.165) is 52.5 Å². The van der Waals surface area contributed by atoms with Crippen molar-refractivity contribution in [3.05, 3.63) is 58.1 Å². The molecule has 2 heterocycles. The Morgan fingerprint density at radius 1 is 1.05 bits per heavy atom. The summed E-state index contributed by atoms with van der Waals surface area (Å²) >= 11 is 0. The third-order valence-corrected chi connectivity index (χ3v) is 10.8. The predicted molar refractivity (Wildman–Crippen MR) is 153 cm³/mol. The van der Waals surface area contributed by atoms with Crippen molar-refractivity contribution in [2.24, 2.45) is 30.7 Å². The number of aliphatic carboxylic acids is 1. The Balaban J connectivity index is 1.20. The summed E-state index contributed by atoms with van der Waals surface area (Å²) in [7, 11) is 1.87. The topological polar surface area (TPSA) is 88.3 Å². The molecule has 3 aromatic rings. The van der Waals surface area contributed by atoms with Crippen LogP contribution in [-0.2, 0) is 23.1 Å². The Labute approximate surface area is 235 Å². The number of aromatic nitrogens is 3. The van der Waals surface area contributed by atoms with Gasteiger partial charge in [0.1, 0.15) is 5.52 Å². The number of aryl methyl sites for hydroxylation is 2. The van der Waals surface area contributed by atoms with E-state index in [9.17, 15) is 14.7 Å². The van der Waals surface area contributed by atoms with Crippen LogP contribution in [0.2, 0.25) is 0 Å². The molecule has 6 atom stereocenters. The van der Waals surface area contributed by atoms with Gasteiger partial charge in [0.15, 0.2) is 0 Å². The van der Waals surface area contributed by atoms with Crippen LogP contribution in [0.25, 0.3) is 11.0 Å². The van der Waals surface area contributed by atoms with Crippen molar-refractivity contribution in [2.45, 2.75) is 83.1 Å². The summed E-state index contributed by atoms with van der Waals surface area (Å²) < 4.78 is 1.75. The van der Waals surface area contributed by atoms with Crippen LogP contribution in [0.5, 0.6) is 0 Å². The SMILES string of the molecule is Cc1c(C(CC(=O)O)c2ccc3c(c2)C2C(CC(=O)N2CC2CCC4CCCCC4C2)C3)ccc2c1nnn2C. The second-order valence-electron chi connectivity index (χ2n) is 13.1. The first-order valence-electron chi connectivity index (χ1n) is 15.3. The number of hydrogen-bond acceptors (Lipinski definition) is 4. The summed E-state index contributed by atoms with van der Waals surface area (Å²) in [6, 6.07) is 10.7. The van der Waals surface area contributed by atoms with Crippen molar-refractivity contribution in [1.82, 2.24) is 19.9 Å². The maximum Gasteiger partial charge on any atom is 0.304 e. The van der Waals surface area contributed by atoms with Gasteiger partial charge in [0.2, 0.25) is 5.91 Å². The van der Waals surface area contributed by atoms with Crippen LogP contribution < -0.4 is 0 Å². The first kappa shape index (κ1) is 25.7. The molecule has 1 amide bonds. The number of nitrogens with zero attached hydrogens (tertiary/aromatic N) is 4. The number of carboxylic acids is 1. The highest BCUT2D eigenvalue weighted by Crippen LogP contribution is 2.50. The minimum atomic E-state index is -0.821. The smallest absolute Gasteiger partial charge is 0.304 e. The lowest BCUT2D eigenvalue weighted by Crippen LogP contribution is -2.37. The molecule has 1 aromatic heterocycles. The van der Waals surface area contributed by atoms with E-state index in [0.29, 0.717) is 24.2 Å². The fourth-order valence-electron chi connectivity index (χ4n) is 8.88. The second-order valence-corrected chi connectivity index (χ2v) is 13.1. The largest absolute Gasteiger partial charge is 0.481 e. The minimum absolute atomic E-state index is 0.00671. The van der Waals surface area contributed by atoms with Gasteiger partial charge in [-0.05, 0) is 90.2 Å². The quantitative estimate of drug-likeness (QED) is 0.418. The Kier molecular flexibility index (Phi) is 6.43. The third-order valence-electron chi connectivity index (χ3n) is 10.8. The molecular formula is C33H40N4O3. The van der Waals surface area contributed by atoms with Crippen LogP contribution in [0.3, 0.4) is 0 Å². The van der Waals surface area contributed by atoms with Gasteiger partial charge in [-0.2, -0.15) is 0 Å². The van der Waals surface area contributed by atoms with Crippen LogP contribution in [0, 0.1) is 30.6 Å². The Bertz CT molecular complexity index is 1480. The van der Waals surface area contributed by atoms with Gasteiger partial charge in [-0.25, -0.2) is 4.68 Å². The second kappa shape index (κ2) is 10.0. The van der Waals surface area contributed by atoms with Crippen LogP contribution in [-0.4, -0.2) is 43.4 Å². The number of carboxylic acid groups (broad SMARTS) is 1. The van der Waals surface area contributed by atoms with Crippen molar-refractivity contribution in [2.75, 3.05) is 6.54 Å². The maximum absolute atomic E-state index is 13.3. The van der Waals surface area contributed by atoms with E-state index in [1.165, 1.54) is 56.1 Å². The summed E-state index contributed by atoms with van der Waals surface area (Å²) in [5.41, 5.74) is 7.29. The fraction of sp³-hybridized carbons (Fsp3) is 0.576. The third kappa shape index (κ3) is 4.33. The molecule has 1 N–H and O–H groups in total. The molecule has 2 saturated carbocycles. The highest BCUT2D eigenvalue weighted by molar-refractivity contribution is 5.81. The number of hydrogen-bond donors (Lipinski definition) is 1. The first-order valence-corrected chi connectivity index (χ1v) is 15.3. The minimum Gasteiger partial charge on any atom is -0.481 e. The fourth-order valence-corrected chi connectivity index (χ4v) is 8.88. The molecule has 3 aliphatic carbocycles. The molecule has 7 heteroatoms. The molecule has 3 fully saturated rings. The number of carbonyl (C=O) groups is 2. The van der Waals surface area contributed by atoms with Crippen molar-refractivity contribution in [1.29, 1.82) is 0 Å². The standard InChI is InChI=1S/C33H40N4O3/c1-19-26(11-12-29-32(19)34-35-36(29)2)27(17-31(39)40)24-10-9-23-14-25-16-30(38)37(33(25)28(23)15-24)18-20-7-8-21-5-3-4-6-22(21)13-20/h9-12,15,20-22,25,27,33H,3-8,13-14,16-18H2,1-2H3,(H,39,40). The van der Waals surface area contributed by atoms with Gasteiger partial charge in [0.25, 0.3) is 0 Å². The lowest BCUT2D eigenvalue weighted by atomic mass is 9.67. The molecule has 1 saturated heterocycles. The number of carbonyl (C=O) groups excluding carboxylic acids is 1. The summed E-state index contributed by atoms with van der Waals surface area (Å²) in [6.07, 6.45) is 11.0. The Hall–Kier alpha value is -3.22. The van der Waals surface area contributed by atoms with Gasteiger partial charge in [-0.15, -0.1) is 5.10 Å². The van der Waals surface area contributed by atoms with Crippen molar-refractivity contribution in [3.63, 3.8) is 0 Å². The molecule has 0 radical (unpaired) electrons. The van der Waals surface area contributed by atoms with E-state index >= 15 is 0 Å². The van der Waals surface area contributed by atoms with E-state index in [1.54, 1.807) is 4.68 Å². The number of benzene rings is 2. The number of rotatable bonds is 6. The molecule has 0 spiro atoms. The predicted octanol–water partition coefficient (Wildman–Crippen LogP) is 5.94. The first-order chi connectivity index (χ1) is 19.4.